The number of benzene rings is 12. The molecule has 0 N–H and O–H groups in total. The molecule has 0 atom stereocenters. The van der Waals surface area contributed by atoms with Gasteiger partial charge in [0, 0.05) is 45.0 Å². The van der Waals surface area contributed by atoms with Crippen LogP contribution in [-0.4, -0.2) is 0 Å². The first-order chi connectivity index (χ1) is 36.2. The second-order valence-corrected chi connectivity index (χ2v) is 21.4. The van der Waals surface area contributed by atoms with Crippen molar-refractivity contribution in [3.8, 4) is 44.5 Å². The third-order valence-electron chi connectivity index (χ3n) is 16.3. The van der Waals surface area contributed by atoms with Gasteiger partial charge in [0.1, 0.15) is 0 Å². The summed E-state index contributed by atoms with van der Waals surface area (Å²) in [5.74, 6) is 0. The van der Waals surface area contributed by atoms with Gasteiger partial charge in [0.25, 0.3) is 0 Å². The molecule has 0 saturated heterocycles. The first kappa shape index (κ1) is 43.8. The zero-order valence-electron chi connectivity index (χ0n) is 42.1. The minimum absolute atomic E-state index is 0.169. The molecule has 0 bridgehead atoms. The normalized spacial score (nSPS) is 13.6. The third-order valence-corrected chi connectivity index (χ3v) is 16.3. The molecule has 0 fully saturated rings. The lowest BCUT2D eigenvalue weighted by atomic mass is 9.81. The van der Waals surface area contributed by atoms with Crippen molar-refractivity contribution in [1.29, 1.82) is 0 Å². The van der Waals surface area contributed by atoms with E-state index in [0.717, 1.165) is 34.1 Å². The van der Waals surface area contributed by atoms with Crippen molar-refractivity contribution in [3.05, 3.63) is 277 Å². The molecule has 2 aliphatic carbocycles. The van der Waals surface area contributed by atoms with E-state index >= 15 is 0 Å². The fourth-order valence-electron chi connectivity index (χ4n) is 12.4. The molecule has 12 aromatic carbocycles. The van der Waals surface area contributed by atoms with Crippen LogP contribution >= 0.6 is 0 Å². The van der Waals surface area contributed by atoms with E-state index in [-0.39, 0.29) is 10.8 Å². The Kier molecular flexibility index (Phi) is 9.94. The summed E-state index contributed by atoms with van der Waals surface area (Å²) < 4.78 is 0. The van der Waals surface area contributed by atoms with Crippen molar-refractivity contribution < 1.29 is 0 Å². The summed E-state index contributed by atoms with van der Waals surface area (Å²) in [5.41, 5.74) is 22.1. The van der Waals surface area contributed by atoms with Crippen LogP contribution in [0.2, 0.25) is 0 Å². The van der Waals surface area contributed by atoms with Crippen LogP contribution in [-0.2, 0) is 10.8 Å². The summed E-state index contributed by atoms with van der Waals surface area (Å²) in [4.78, 5) is 4.84. The van der Waals surface area contributed by atoms with E-state index < -0.39 is 0 Å². The Balaban J connectivity index is 0.811. The quantitative estimate of drug-likeness (QED) is 0.140. The fourth-order valence-corrected chi connectivity index (χ4v) is 12.4. The van der Waals surface area contributed by atoms with Crippen LogP contribution in [0.3, 0.4) is 0 Å². The maximum absolute atomic E-state index is 2.44. The molecular formula is C72H54N2. The van der Waals surface area contributed by atoms with Gasteiger partial charge in [-0.15, -0.1) is 0 Å². The van der Waals surface area contributed by atoms with Crippen LogP contribution in [0.25, 0.3) is 76.8 Å². The summed E-state index contributed by atoms with van der Waals surface area (Å²) >= 11 is 0. The lowest BCUT2D eigenvalue weighted by Gasteiger charge is -2.29. The molecule has 14 rings (SSSR count). The smallest absolute Gasteiger partial charge is 0.0468 e. The van der Waals surface area contributed by atoms with Gasteiger partial charge in [0.15, 0.2) is 0 Å². The zero-order chi connectivity index (χ0) is 49.7. The van der Waals surface area contributed by atoms with Gasteiger partial charge in [-0.1, -0.05) is 179 Å². The summed E-state index contributed by atoms with van der Waals surface area (Å²) in [6, 6.07) is 94.6. The highest BCUT2D eigenvalue weighted by atomic mass is 15.1. The SMILES string of the molecule is CC1(C)c2cc(-c3ccccc3)ccc2-c2ccc(N(c3ccccc3)c3ccc4cc5cc(N(c6ccccc6)c6ccc7c(c6)C(C)(C)c6cc(-c8ccc9ccccc9c8)ccc6-7)ccc5cc4c3)cc21. The van der Waals surface area contributed by atoms with Gasteiger partial charge in [0.05, 0.1) is 0 Å². The maximum Gasteiger partial charge on any atom is 0.0468 e. The number of hydrogen-bond acceptors (Lipinski definition) is 2. The highest BCUT2D eigenvalue weighted by molar-refractivity contribution is 6.02. The lowest BCUT2D eigenvalue weighted by molar-refractivity contribution is 0.660. The van der Waals surface area contributed by atoms with Gasteiger partial charge in [0.2, 0.25) is 0 Å². The van der Waals surface area contributed by atoms with Gasteiger partial charge >= 0.3 is 0 Å². The maximum atomic E-state index is 2.44. The number of rotatable bonds is 8. The Bertz CT molecular complexity index is 4190. The molecule has 0 radical (unpaired) electrons. The largest absolute Gasteiger partial charge is 0.310 e. The molecular weight excluding hydrogens is 893 g/mol. The Morgan fingerprint density at radius 1 is 0.216 bits per heavy atom. The number of anilines is 6. The van der Waals surface area contributed by atoms with E-state index in [4.69, 9.17) is 0 Å². The van der Waals surface area contributed by atoms with E-state index in [0.29, 0.717) is 0 Å². The predicted octanol–water partition coefficient (Wildman–Crippen LogP) is 20.0. The van der Waals surface area contributed by atoms with Gasteiger partial charge < -0.3 is 9.80 Å². The molecule has 2 nitrogen and oxygen atoms in total. The van der Waals surface area contributed by atoms with Crippen molar-refractivity contribution in [2.75, 3.05) is 9.80 Å². The highest BCUT2D eigenvalue weighted by Crippen LogP contribution is 2.54. The summed E-state index contributed by atoms with van der Waals surface area (Å²) in [6.45, 7) is 9.53. The van der Waals surface area contributed by atoms with Gasteiger partial charge in [-0.05, 0) is 202 Å². The van der Waals surface area contributed by atoms with Crippen LogP contribution in [0.4, 0.5) is 34.1 Å². The van der Waals surface area contributed by atoms with Crippen molar-refractivity contribution in [2.45, 2.75) is 38.5 Å². The summed E-state index contributed by atoms with van der Waals surface area (Å²) in [7, 11) is 0. The number of hydrogen-bond donors (Lipinski definition) is 0. The van der Waals surface area contributed by atoms with Crippen molar-refractivity contribution >= 4 is 66.4 Å². The second-order valence-electron chi connectivity index (χ2n) is 21.4. The number of nitrogens with zero attached hydrogens (tertiary/aromatic N) is 2. The second kappa shape index (κ2) is 16.8. The Morgan fingerprint density at radius 3 is 1.05 bits per heavy atom. The van der Waals surface area contributed by atoms with Crippen molar-refractivity contribution in [1.82, 2.24) is 0 Å². The molecule has 0 aliphatic heterocycles. The van der Waals surface area contributed by atoms with Crippen LogP contribution < -0.4 is 9.80 Å². The van der Waals surface area contributed by atoms with E-state index in [1.807, 2.05) is 0 Å². The van der Waals surface area contributed by atoms with Gasteiger partial charge in [-0.2, -0.15) is 0 Å². The van der Waals surface area contributed by atoms with E-state index in [9.17, 15) is 0 Å². The highest BCUT2D eigenvalue weighted by Gasteiger charge is 2.38. The van der Waals surface area contributed by atoms with Crippen LogP contribution in [0.5, 0.6) is 0 Å². The number of para-hydroxylation sites is 2. The molecule has 0 heterocycles. The Morgan fingerprint density at radius 2 is 0.554 bits per heavy atom. The molecule has 0 saturated carbocycles. The molecule has 0 spiro atoms. The molecule has 2 heteroatoms. The minimum atomic E-state index is -0.191. The fraction of sp³-hybridized carbons (Fsp3) is 0.0833. The number of fused-ring (bicyclic) bond motifs is 9. The lowest BCUT2D eigenvalue weighted by Crippen LogP contribution is -2.16. The average Bonchev–Trinajstić information content (AvgIpc) is 3.82. The molecule has 0 amide bonds. The molecule has 2 aliphatic rings. The molecule has 0 aromatic heterocycles. The van der Waals surface area contributed by atoms with Gasteiger partial charge in [-0.25, -0.2) is 0 Å². The predicted molar refractivity (Wildman–Crippen MR) is 314 cm³/mol. The molecule has 0 unspecified atom stereocenters. The van der Waals surface area contributed by atoms with E-state index in [2.05, 4.69) is 292 Å². The monoisotopic (exact) mass is 946 g/mol. The van der Waals surface area contributed by atoms with E-state index in [1.165, 1.54) is 99.1 Å². The summed E-state index contributed by atoms with van der Waals surface area (Å²) in [5, 5.41) is 7.35. The van der Waals surface area contributed by atoms with Crippen molar-refractivity contribution in [3.63, 3.8) is 0 Å². The van der Waals surface area contributed by atoms with Crippen LogP contribution in [0, 0.1) is 0 Å². The van der Waals surface area contributed by atoms with Crippen LogP contribution in [0.1, 0.15) is 49.9 Å². The van der Waals surface area contributed by atoms with E-state index in [1.54, 1.807) is 0 Å². The molecule has 352 valence electrons. The van der Waals surface area contributed by atoms with Crippen molar-refractivity contribution in [2.24, 2.45) is 0 Å². The Hall–Kier alpha value is -8.98. The minimum Gasteiger partial charge on any atom is -0.310 e. The summed E-state index contributed by atoms with van der Waals surface area (Å²) in [6.07, 6.45) is 0. The van der Waals surface area contributed by atoms with Gasteiger partial charge in [-0.3, -0.25) is 0 Å². The topological polar surface area (TPSA) is 6.48 Å². The third kappa shape index (κ3) is 7.08. The molecule has 12 aromatic rings. The first-order valence-electron chi connectivity index (χ1n) is 26.0. The molecule has 74 heavy (non-hydrogen) atoms. The standard InChI is InChI=1S/C72H54N2/c1-71(2)67-43-53(47-16-8-5-9-17-47)28-34-63(67)65-36-32-61(45-69(65)71)73(57-20-10-6-11-21-57)59-30-26-51-40-56-42-60(31-27-52(56)39-55(51)41-59)74(58-22-12-7-13-23-58)62-33-37-66-64-35-29-54(44-68(64)72(3,4)70(66)46-62)50-25-24-48-18-14-15-19-49(48)38-50/h5-46H,1-4H3. The Labute approximate surface area is 434 Å². The van der Waals surface area contributed by atoms with Crippen LogP contribution in [0.15, 0.2) is 255 Å². The first-order valence-corrected chi connectivity index (χ1v) is 26.0. The zero-order valence-corrected chi connectivity index (χ0v) is 42.1. The average molecular weight is 947 g/mol.